The van der Waals surface area contributed by atoms with Crippen molar-refractivity contribution >= 4 is 33.1 Å². The maximum atomic E-state index is 6.04. The van der Waals surface area contributed by atoms with Crippen LogP contribution in [-0.4, -0.2) is 28.2 Å². The van der Waals surface area contributed by atoms with Crippen molar-refractivity contribution in [1.82, 2.24) is 15.0 Å². The Morgan fingerprint density at radius 1 is 0.963 bits per heavy atom. The average molecular weight is 363 g/mol. The molecule has 1 N–H and O–H groups in total. The summed E-state index contributed by atoms with van der Waals surface area (Å²) in [4.78, 5) is 13.1. The smallest absolute Gasteiger partial charge is 0.157 e. The first-order valence-corrected chi connectivity index (χ1v) is 9.71. The monoisotopic (exact) mass is 363 g/mol. The van der Waals surface area contributed by atoms with Gasteiger partial charge in [-0.25, -0.2) is 9.97 Å². The van der Waals surface area contributed by atoms with Crippen LogP contribution in [0.1, 0.15) is 38.7 Å². The van der Waals surface area contributed by atoms with Crippen LogP contribution in [-0.2, 0) is 11.3 Å². The Labute approximate surface area is 158 Å². The van der Waals surface area contributed by atoms with Gasteiger partial charge < -0.3 is 14.5 Å². The maximum Gasteiger partial charge on any atom is 0.157 e. The number of benzene rings is 2. The van der Waals surface area contributed by atoms with Crippen LogP contribution < -0.4 is 4.74 Å². The maximum absolute atomic E-state index is 6.04. The number of aromatic nitrogens is 3. The van der Waals surface area contributed by atoms with Crippen LogP contribution in [0.5, 0.6) is 5.75 Å². The number of unbranched alkanes of at least 4 members (excludes halogenated alkanes) is 1. The van der Waals surface area contributed by atoms with Gasteiger partial charge in [0.2, 0.25) is 0 Å². The summed E-state index contributed by atoms with van der Waals surface area (Å²) in [6, 6.07) is 12.2. The number of nitrogens with one attached hydrogen (secondary N) is 1. The molecule has 4 rings (SSSR count). The second kappa shape index (κ2) is 7.92. The van der Waals surface area contributed by atoms with Gasteiger partial charge in [0, 0.05) is 29.1 Å². The molecule has 4 aromatic rings. The first-order chi connectivity index (χ1) is 13.3. The van der Waals surface area contributed by atoms with Crippen molar-refractivity contribution in [3.05, 3.63) is 42.0 Å². The van der Waals surface area contributed by atoms with Gasteiger partial charge in [0.25, 0.3) is 0 Å². The van der Waals surface area contributed by atoms with Crippen LogP contribution in [0.3, 0.4) is 0 Å². The lowest BCUT2D eigenvalue weighted by molar-refractivity contribution is 0.119. The number of hydrogen-bond donors (Lipinski definition) is 1. The van der Waals surface area contributed by atoms with E-state index in [4.69, 9.17) is 19.4 Å². The first-order valence-electron chi connectivity index (χ1n) is 9.71. The van der Waals surface area contributed by atoms with Crippen molar-refractivity contribution < 1.29 is 9.47 Å². The summed E-state index contributed by atoms with van der Waals surface area (Å²) < 4.78 is 11.8. The lowest BCUT2D eigenvalue weighted by atomic mass is 10.1. The Hall–Kier alpha value is -2.66. The Bertz CT molecular complexity index is 1070. The molecule has 0 aliphatic rings. The molecule has 0 unspecified atom stereocenters. The minimum atomic E-state index is 0.525. The number of nitrogens with zero attached hydrogens (tertiary/aromatic N) is 2. The Morgan fingerprint density at radius 2 is 1.81 bits per heavy atom. The van der Waals surface area contributed by atoms with E-state index in [0.29, 0.717) is 13.2 Å². The van der Waals surface area contributed by atoms with Crippen LogP contribution in [0.4, 0.5) is 0 Å². The molecule has 0 spiro atoms. The zero-order valence-corrected chi connectivity index (χ0v) is 15.9. The minimum absolute atomic E-state index is 0.525. The molecular weight excluding hydrogens is 338 g/mol. The van der Waals surface area contributed by atoms with Gasteiger partial charge in [0.05, 0.1) is 24.2 Å². The molecule has 0 amide bonds. The van der Waals surface area contributed by atoms with Crippen molar-refractivity contribution in [3.63, 3.8) is 0 Å². The highest BCUT2D eigenvalue weighted by atomic mass is 16.5. The molecule has 2 heterocycles. The van der Waals surface area contributed by atoms with Crippen molar-refractivity contribution in [3.8, 4) is 5.75 Å². The molecule has 0 aliphatic heterocycles. The lowest BCUT2D eigenvalue weighted by Gasteiger charge is -2.13. The van der Waals surface area contributed by atoms with Crippen molar-refractivity contribution in [2.24, 2.45) is 0 Å². The summed E-state index contributed by atoms with van der Waals surface area (Å²) in [7, 11) is 0. The summed E-state index contributed by atoms with van der Waals surface area (Å²) in [5.41, 5.74) is 5.48. The van der Waals surface area contributed by atoms with E-state index >= 15 is 0 Å². The van der Waals surface area contributed by atoms with Gasteiger partial charge in [-0.15, -0.1) is 0 Å². The van der Waals surface area contributed by atoms with Crippen LogP contribution in [0.25, 0.3) is 33.1 Å². The van der Waals surface area contributed by atoms with E-state index < -0.39 is 0 Å². The van der Waals surface area contributed by atoms with Gasteiger partial charge in [-0.1, -0.05) is 38.5 Å². The summed E-state index contributed by atoms with van der Waals surface area (Å²) in [5, 5.41) is 1.09. The highest BCUT2D eigenvalue weighted by Crippen LogP contribution is 2.29. The highest BCUT2D eigenvalue weighted by Gasteiger charge is 2.13. The molecule has 0 atom stereocenters. The molecule has 0 saturated carbocycles. The van der Waals surface area contributed by atoms with E-state index in [1.54, 1.807) is 0 Å². The van der Waals surface area contributed by atoms with Gasteiger partial charge in [0.15, 0.2) is 5.65 Å². The molecule has 0 saturated heterocycles. The number of ether oxygens (including phenoxy) is 2. The predicted octanol–water partition coefficient (Wildman–Crippen LogP) is 5.37. The summed E-state index contributed by atoms with van der Waals surface area (Å²) >= 11 is 0. The van der Waals surface area contributed by atoms with E-state index in [9.17, 15) is 0 Å². The van der Waals surface area contributed by atoms with Gasteiger partial charge in [-0.3, -0.25) is 0 Å². The second-order valence-electron chi connectivity index (χ2n) is 6.79. The lowest BCUT2D eigenvalue weighted by Crippen LogP contribution is -2.03. The molecule has 0 aliphatic carbocycles. The minimum Gasteiger partial charge on any atom is -0.493 e. The van der Waals surface area contributed by atoms with Gasteiger partial charge in [0.1, 0.15) is 11.3 Å². The summed E-state index contributed by atoms with van der Waals surface area (Å²) in [6.07, 6.45) is 3.13. The van der Waals surface area contributed by atoms with E-state index in [1.165, 1.54) is 0 Å². The van der Waals surface area contributed by atoms with E-state index in [1.807, 2.05) is 30.3 Å². The van der Waals surface area contributed by atoms with Crippen LogP contribution in [0.2, 0.25) is 0 Å². The number of hydrogen-bond acceptors (Lipinski definition) is 4. The molecule has 27 heavy (non-hydrogen) atoms. The zero-order valence-electron chi connectivity index (χ0n) is 15.9. The fraction of sp³-hybridized carbons (Fsp3) is 0.364. The first kappa shape index (κ1) is 17.7. The molecule has 5 heteroatoms. The molecular formula is C22H25N3O2. The predicted molar refractivity (Wildman–Crippen MR) is 109 cm³/mol. The number of fused-ring (bicyclic) bond motifs is 4. The van der Waals surface area contributed by atoms with Crippen LogP contribution in [0, 0.1) is 0 Å². The van der Waals surface area contributed by atoms with Crippen LogP contribution in [0.15, 0.2) is 36.4 Å². The molecule has 0 bridgehead atoms. The highest BCUT2D eigenvalue weighted by molar-refractivity contribution is 6.05. The fourth-order valence-corrected chi connectivity index (χ4v) is 3.23. The molecule has 0 radical (unpaired) electrons. The Kier molecular flexibility index (Phi) is 5.21. The Morgan fingerprint density at radius 3 is 2.67 bits per heavy atom. The summed E-state index contributed by atoms with van der Waals surface area (Å²) in [6.45, 7) is 6.23. The molecule has 2 aromatic heterocycles. The Balaban J connectivity index is 1.80. The third kappa shape index (κ3) is 3.60. The normalized spacial score (nSPS) is 11.6. The topological polar surface area (TPSA) is 60.0 Å². The second-order valence-corrected chi connectivity index (χ2v) is 6.79. The molecule has 2 aromatic carbocycles. The zero-order chi connectivity index (χ0) is 18.6. The number of H-pyrrole nitrogens is 1. The average Bonchev–Trinajstić information content (AvgIpc) is 3.04. The molecule has 0 fully saturated rings. The van der Waals surface area contributed by atoms with Crippen molar-refractivity contribution in [2.45, 2.75) is 39.7 Å². The third-order valence-electron chi connectivity index (χ3n) is 4.64. The summed E-state index contributed by atoms with van der Waals surface area (Å²) in [5.74, 6) is 0.848. The van der Waals surface area contributed by atoms with Crippen molar-refractivity contribution in [1.29, 1.82) is 0 Å². The largest absolute Gasteiger partial charge is 0.493 e. The standard InChI is InChI=1S/C22H25N3O2/c1-3-5-11-27-20-13-19-18(12-15(20)14-26-10-4-2)25-22-21(23-19)16-8-6-7-9-17(16)24-22/h6-9,12-13H,3-5,10-11,14H2,1-2H3,(H,24,25). The molecule has 140 valence electrons. The molecule has 5 nitrogen and oxygen atoms in total. The third-order valence-corrected chi connectivity index (χ3v) is 4.64. The van der Waals surface area contributed by atoms with Gasteiger partial charge in [-0.2, -0.15) is 0 Å². The van der Waals surface area contributed by atoms with E-state index in [2.05, 4.69) is 24.9 Å². The SMILES string of the molecule is CCCCOc1cc2nc3c(nc2cc1COCCC)[nH]c1ccccc13. The number of rotatable bonds is 8. The van der Waals surface area contributed by atoms with Gasteiger partial charge >= 0.3 is 0 Å². The number of aromatic amines is 1. The quantitative estimate of drug-likeness (QED) is 0.428. The number of para-hydroxylation sites is 1. The van der Waals surface area contributed by atoms with Crippen LogP contribution >= 0.6 is 0 Å². The van der Waals surface area contributed by atoms with Crippen molar-refractivity contribution in [2.75, 3.05) is 13.2 Å². The van der Waals surface area contributed by atoms with E-state index in [-0.39, 0.29) is 0 Å². The fourth-order valence-electron chi connectivity index (χ4n) is 3.23. The van der Waals surface area contributed by atoms with E-state index in [0.717, 1.165) is 70.3 Å². The van der Waals surface area contributed by atoms with Gasteiger partial charge in [-0.05, 0) is 25.0 Å².